The molecule has 0 aromatic heterocycles. The fraction of sp³-hybridized carbons (Fsp3) is 0.900. The fourth-order valence-corrected chi connectivity index (χ4v) is 1.89. The quantitative estimate of drug-likeness (QED) is 0.579. The second-order valence-corrected chi connectivity index (χ2v) is 4.32. The maximum absolute atomic E-state index is 11.5. The van der Waals surface area contributed by atoms with Crippen molar-refractivity contribution in [2.75, 3.05) is 13.1 Å². The summed E-state index contributed by atoms with van der Waals surface area (Å²) in [6.07, 6.45) is 3.16. The van der Waals surface area contributed by atoms with E-state index in [-0.39, 0.29) is 11.8 Å². The van der Waals surface area contributed by atoms with Gasteiger partial charge in [-0.3, -0.25) is 4.79 Å². The number of nitrogens with one attached hydrogen (secondary N) is 2. The van der Waals surface area contributed by atoms with E-state index in [1.807, 2.05) is 0 Å². The van der Waals surface area contributed by atoms with Crippen molar-refractivity contribution in [1.82, 2.24) is 10.6 Å². The molecule has 1 saturated carbocycles. The van der Waals surface area contributed by atoms with Crippen LogP contribution in [-0.4, -0.2) is 36.2 Å². The molecule has 0 aromatic rings. The van der Waals surface area contributed by atoms with E-state index in [1.54, 1.807) is 0 Å². The van der Waals surface area contributed by atoms with Crippen molar-refractivity contribution < 1.29 is 9.90 Å². The van der Waals surface area contributed by atoms with Gasteiger partial charge >= 0.3 is 0 Å². The van der Waals surface area contributed by atoms with Crippen LogP contribution in [-0.2, 0) is 4.79 Å². The van der Waals surface area contributed by atoms with Gasteiger partial charge in [-0.15, -0.1) is 0 Å². The molecule has 1 aliphatic heterocycles. The van der Waals surface area contributed by atoms with E-state index in [0.717, 1.165) is 38.8 Å². The molecule has 4 heteroatoms. The van der Waals surface area contributed by atoms with E-state index in [2.05, 4.69) is 10.6 Å². The van der Waals surface area contributed by atoms with Crippen molar-refractivity contribution in [2.24, 2.45) is 5.92 Å². The molecule has 2 aliphatic rings. The van der Waals surface area contributed by atoms with Crippen molar-refractivity contribution in [1.29, 1.82) is 0 Å². The van der Waals surface area contributed by atoms with Crippen molar-refractivity contribution in [3.8, 4) is 0 Å². The first-order chi connectivity index (χ1) is 6.77. The van der Waals surface area contributed by atoms with E-state index in [4.69, 9.17) is 0 Å². The standard InChI is InChI=1S/C10H18N2O2/c13-9(7-3-5-11-6-4-7)10(14)12-8-1-2-8/h7-9,11,13H,1-6H2,(H,12,14). The topological polar surface area (TPSA) is 61.4 Å². The van der Waals surface area contributed by atoms with Gasteiger partial charge in [0.15, 0.2) is 0 Å². The second kappa shape index (κ2) is 4.28. The lowest BCUT2D eigenvalue weighted by molar-refractivity contribution is -0.132. The predicted molar refractivity (Wildman–Crippen MR) is 52.8 cm³/mol. The number of hydrogen-bond donors (Lipinski definition) is 3. The summed E-state index contributed by atoms with van der Waals surface area (Å²) in [4.78, 5) is 11.5. The van der Waals surface area contributed by atoms with Gasteiger partial charge in [-0.25, -0.2) is 0 Å². The molecule has 1 heterocycles. The van der Waals surface area contributed by atoms with Crippen molar-refractivity contribution in [3.63, 3.8) is 0 Å². The second-order valence-electron chi connectivity index (χ2n) is 4.32. The van der Waals surface area contributed by atoms with Gasteiger partial charge in [0.05, 0.1) is 0 Å². The molecule has 14 heavy (non-hydrogen) atoms. The number of rotatable bonds is 3. The summed E-state index contributed by atoms with van der Waals surface area (Å²) in [7, 11) is 0. The van der Waals surface area contributed by atoms with E-state index in [1.165, 1.54) is 0 Å². The summed E-state index contributed by atoms with van der Waals surface area (Å²) in [6.45, 7) is 1.83. The highest BCUT2D eigenvalue weighted by Gasteiger charge is 2.31. The Morgan fingerprint density at radius 3 is 2.50 bits per heavy atom. The zero-order valence-corrected chi connectivity index (χ0v) is 8.33. The Kier molecular flexibility index (Phi) is 3.03. The van der Waals surface area contributed by atoms with Gasteiger partial charge < -0.3 is 15.7 Å². The Morgan fingerprint density at radius 2 is 1.93 bits per heavy atom. The first kappa shape index (κ1) is 9.93. The number of aliphatic hydroxyl groups excluding tert-OH is 1. The van der Waals surface area contributed by atoms with Crippen LogP contribution in [0, 0.1) is 5.92 Å². The molecule has 2 fully saturated rings. The average molecular weight is 198 g/mol. The maximum Gasteiger partial charge on any atom is 0.249 e. The van der Waals surface area contributed by atoms with Crippen LogP contribution in [0.1, 0.15) is 25.7 Å². The highest BCUT2D eigenvalue weighted by molar-refractivity contribution is 5.81. The maximum atomic E-state index is 11.5. The zero-order chi connectivity index (χ0) is 9.97. The molecule has 0 spiro atoms. The molecule has 1 amide bonds. The average Bonchev–Trinajstić information content (AvgIpc) is 3.02. The summed E-state index contributed by atoms with van der Waals surface area (Å²) in [5.41, 5.74) is 0. The fourth-order valence-electron chi connectivity index (χ4n) is 1.89. The minimum atomic E-state index is -0.794. The molecule has 1 aliphatic carbocycles. The van der Waals surface area contributed by atoms with E-state index in [9.17, 15) is 9.90 Å². The number of carbonyl (C=O) groups excluding carboxylic acids is 1. The third-order valence-corrected chi connectivity index (χ3v) is 3.02. The van der Waals surface area contributed by atoms with Crippen LogP contribution in [0.5, 0.6) is 0 Å². The Hall–Kier alpha value is -0.610. The summed E-state index contributed by atoms with van der Waals surface area (Å²) in [5, 5.41) is 15.8. The first-order valence-electron chi connectivity index (χ1n) is 5.46. The minimum absolute atomic E-state index is 0.148. The number of hydrogen-bond acceptors (Lipinski definition) is 3. The third kappa shape index (κ3) is 2.45. The van der Waals surface area contributed by atoms with Crippen LogP contribution in [0.4, 0.5) is 0 Å². The van der Waals surface area contributed by atoms with Gasteiger partial charge in [0.25, 0.3) is 0 Å². The molecule has 4 nitrogen and oxygen atoms in total. The Morgan fingerprint density at radius 1 is 1.29 bits per heavy atom. The molecule has 0 bridgehead atoms. The smallest absolute Gasteiger partial charge is 0.249 e. The van der Waals surface area contributed by atoms with Crippen LogP contribution in [0.15, 0.2) is 0 Å². The molecule has 3 N–H and O–H groups in total. The highest BCUT2D eigenvalue weighted by Crippen LogP contribution is 2.21. The normalized spacial score (nSPS) is 25.8. The summed E-state index contributed by atoms with van der Waals surface area (Å²) in [5.74, 6) is -0.0191. The largest absolute Gasteiger partial charge is 0.383 e. The van der Waals surface area contributed by atoms with Crippen molar-refractivity contribution >= 4 is 5.91 Å². The number of aliphatic hydroxyl groups is 1. The summed E-state index contributed by atoms with van der Waals surface area (Å²) in [6, 6.07) is 0.346. The Labute approximate surface area is 84.1 Å². The van der Waals surface area contributed by atoms with Crippen LogP contribution in [0.25, 0.3) is 0 Å². The molecule has 1 unspecified atom stereocenters. The first-order valence-corrected chi connectivity index (χ1v) is 5.46. The van der Waals surface area contributed by atoms with Gasteiger partial charge in [0, 0.05) is 6.04 Å². The van der Waals surface area contributed by atoms with Gasteiger partial charge in [-0.2, -0.15) is 0 Å². The third-order valence-electron chi connectivity index (χ3n) is 3.02. The molecular formula is C10H18N2O2. The lowest BCUT2D eigenvalue weighted by Gasteiger charge is -2.26. The minimum Gasteiger partial charge on any atom is -0.383 e. The SMILES string of the molecule is O=C(NC1CC1)C(O)C1CCNCC1. The predicted octanol–water partition coefficient (Wildman–Crippen LogP) is -0.375. The number of piperidine rings is 1. The molecule has 2 rings (SSSR count). The van der Waals surface area contributed by atoms with Crippen LogP contribution in [0.2, 0.25) is 0 Å². The van der Waals surface area contributed by atoms with Crippen molar-refractivity contribution in [3.05, 3.63) is 0 Å². The van der Waals surface area contributed by atoms with Crippen LogP contribution < -0.4 is 10.6 Å². The highest BCUT2D eigenvalue weighted by atomic mass is 16.3. The van der Waals surface area contributed by atoms with Gasteiger partial charge in [-0.05, 0) is 44.7 Å². The Balaban J connectivity index is 1.78. The molecule has 1 atom stereocenters. The number of carbonyl (C=O) groups is 1. The molecule has 80 valence electrons. The monoisotopic (exact) mass is 198 g/mol. The molecule has 0 aromatic carbocycles. The summed E-state index contributed by atoms with van der Waals surface area (Å²) < 4.78 is 0. The Bertz CT molecular complexity index is 210. The van der Waals surface area contributed by atoms with Crippen molar-refractivity contribution in [2.45, 2.75) is 37.8 Å². The lowest BCUT2D eigenvalue weighted by atomic mass is 9.92. The molecular weight excluding hydrogens is 180 g/mol. The van der Waals surface area contributed by atoms with Gasteiger partial charge in [-0.1, -0.05) is 0 Å². The van der Waals surface area contributed by atoms with E-state index in [0.29, 0.717) is 6.04 Å². The van der Waals surface area contributed by atoms with E-state index < -0.39 is 6.10 Å². The van der Waals surface area contributed by atoms with Crippen LogP contribution in [0.3, 0.4) is 0 Å². The molecule has 0 radical (unpaired) electrons. The number of amides is 1. The van der Waals surface area contributed by atoms with E-state index >= 15 is 0 Å². The van der Waals surface area contributed by atoms with Gasteiger partial charge in [0.1, 0.15) is 6.10 Å². The van der Waals surface area contributed by atoms with Crippen LogP contribution >= 0.6 is 0 Å². The zero-order valence-electron chi connectivity index (χ0n) is 8.33. The molecule has 1 saturated heterocycles. The van der Waals surface area contributed by atoms with Gasteiger partial charge in [0.2, 0.25) is 5.91 Å². The summed E-state index contributed by atoms with van der Waals surface area (Å²) >= 11 is 0. The lowest BCUT2D eigenvalue weighted by Crippen LogP contribution is -2.44.